The summed E-state index contributed by atoms with van der Waals surface area (Å²) in [5.74, 6) is -2.26. The molecule has 0 unspecified atom stereocenters. The molecule has 6 atom stereocenters. The van der Waals surface area contributed by atoms with Crippen molar-refractivity contribution in [3.8, 4) is 0 Å². The standard InChI is InChI=1S/C37H53N7O7/c1-6-44-30(19-26(41-44)23(4)5)37(50)42-20-31-33(46)25(14-16-51-31)39-34(47)27(17-22(2)3)40-35(48)29-13-10-15-43(29)36(49)28(38-32(45)21-42)18-24-11-8-7-9-12-24/h7-9,11-12,19,22-23,25,27-29,31,33,46H,6,10,13-18,20-21H2,1-5H3,(H,38,45)(H,39,47)(H,40,48)/t25-,27+,28-,29+,31+,33-/m0/s1. The number of carbonyl (C=O) groups is 5. The molecule has 1 aromatic heterocycles. The molecule has 3 aliphatic rings. The molecule has 14 nitrogen and oxygen atoms in total. The first kappa shape index (κ1) is 37.9. The van der Waals surface area contributed by atoms with Crippen LogP contribution in [0.3, 0.4) is 0 Å². The predicted molar refractivity (Wildman–Crippen MR) is 188 cm³/mol. The molecule has 4 heterocycles. The number of aliphatic hydroxyl groups is 1. The number of ether oxygens (including phenoxy) is 1. The first-order chi connectivity index (χ1) is 24.4. The summed E-state index contributed by atoms with van der Waals surface area (Å²) in [5.41, 5.74) is 1.81. The lowest BCUT2D eigenvalue weighted by atomic mass is 9.97. The summed E-state index contributed by atoms with van der Waals surface area (Å²) in [4.78, 5) is 72.9. The molecule has 3 saturated heterocycles. The van der Waals surface area contributed by atoms with Gasteiger partial charge in [0.1, 0.15) is 42.6 Å². The number of aliphatic hydroxyl groups excluding tert-OH is 1. The zero-order chi connectivity index (χ0) is 36.8. The van der Waals surface area contributed by atoms with Crippen LogP contribution in [0.15, 0.2) is 36.4 Å². The number of carbonyl (C=O) groups excluding carboxylic acids is 5. The fraction of sp³-hybridized carbons (Fsp3) is 0.622. The van der Waals surface area contributed by atoms with Gasteiger partial charge in [-0.05, 0) is 56.1 Å². The molecule has 3 aliphatic heterocycles. The third-order valence-electron chi connectivity index (χ3n) is 9.91. The highest BCUT2D eigenvalue weighted by molar-refractivity contribution is 5.97. The number of fused-ring (bicyclic) bond motifs is 3. The average Bonchev–Trinajstić information content (AvgIpc) is 3.77. The fourth-order valence-electron chi connectivity index (χ4n) is 7.14. The van der Waals surface area contributed by atoms with Crippen molar-refractivity contribution >= 4 is 29.5 Å². The normalized spacial score (nSPS) is 26.8. The summed E-state index contributed by atoms with van der Waals surface area (Å²) < 4.78 is 7.56. The van der Waals surface area contributed by atoms with E-state index < -0.39 is 72.5 Å². The molecule has 2 bridgehead atoms. The third kappa shape index (κ3) is 9.14. The van der Waals surface area contributed by atoms with Crippen LogP contribution in [0.4, 0.5) is 0 Å². The lowest BCUT2D eigenvalue weighted by Crippen LogP contribution is -2.60. The molecule has 0 radical (unpaired) electrons. The molecule has 4 N–H and O–H groups in total. The van der Waals surface area contributed by atoms with E-state index in [0.717, 1.165) is 11.3 Å². The van der Waals surface area contributed by atoms with E-state index >= 15 is 0 Å². The summed E-state index contributed by atoms with van der Waals surface area (Å²) in [6, 6.07) is 7.49. The second-order valence-electron chi connectivity index (χ2n) is 14.6. The quantitative estimate of drug-likeness (QED) is 0.334. The molecule has 1 aromatic carbocycles. The van der Waals surface area contributed by atoms with E-state index in [-0.39, 0.29) is 37.1 Å². The minimum absolute atomic E-state index is 0.0525. The summed E-state index contributed by atoms with van der Waals surface area (Å²) in [7, 11) is 0. The first-order valence-corrected chi connectivity index (χ1v) is 18.3. The van der Waals surface area contributed by atoms with E-state index in [1.54, 1.807) is 10.7 Å². The fourth-order valence-corrected chi connectivity index (χ4v) is 7.14. The SMILES string of the molecule is CCn1nc(C(C)C)cc1C(=O)N1CC(=O)N[C@@H](Cc2ccccc2)C(=O)N2CCC[C@@H]2C(=O)N[C@H](CC(C)C)C(=O)N[C@H]2CCO[C@H](C1)[C@H]2O. The third-order valence-corrected chi connectivity index (χ3v) is 9.91. The molecule has 0 saturated carbocycles. The Morgan fingerprint density at radius 3 is 2.43 bits per heavy atom. The smallest absolute Gasteiger partial charge is 0.272 e. The van der Waals surface area contributed by atoms with Gasteiger partial charge in [0, 0.05) is 26.1 Å². The summed E-state index contributed by atoms with van der Waals surface area (Å²) in [6.07, 6.45) is -0.345. The lowest BCUT2D eigenvalue weighted by Gasteiger charge is -2.38. The number of aryl methyl sites for hydroxylation is 1. The van der Waals surface area contributed by atoms with Crippen molar-refractivity contribution in [2.24, 2.45) is 5.92 Å². The van der Waals surface area contributed by atoms with E-state index in [2.05, 4.69) is 21.0 Å². The van der Waals surface area contributed by atoms with Crippen molar-refractivity contribution in [2.45, 2.75) is 116 Å². The second kappa shape index (κ2) is 16.8. The van der Waals surface area contributed by atoms with Gasteiger partial charge in [0.25, 0.3) is 5.91 Å². The topological polar surface area (TPSA) is 175 Å². The number of hydrogen-bond acceptors (Lipinski definition) is 8. The van der Waals surface area contributed by atoms with E-state index in [1.165, 1.54) is 9.80 Å². The van der Waals surface area contributed by atoms with Crippen LogP contribution in [0.2, 0.25) is 0 Å². The Morgan fingerprint density at radius 2 is 1.75 bits per heavy atom. The van der Waals surface area contributed by atoms with Crippen LogP contribution in [0.5, 0.6) is 0 Å². The minimum atomic E-state index is -1.22. The number of rotatable bonds is 7. The van der Waals surface area contributed by atoms with Crippen LogP contribution in [-0.4, -0.2) is 117 Å². The van der Waals surface area contributed by atoms with Gasteiger partial charge in [0.2, 0.25) is 23.6 Å². The van der Waals surface area contributed by atoms with E-state index in [9.17, 15) is 29.1 Å². The lowest BCUT2D eigenvalue weighted by molar-refractivity contribution is -0.142. The maximum absolute atomic E-state index is 14.3. The molecule has 278 valence electrons. The van der Waals surface area contributed by atoms with Gasteiger partial charge in [-0.1, -0.05) is 58.0 Å². The molecular formula is C37H53N7O7. The largest absolute Gasteiger partial charge is 0.388 e. The Morgan fingerprint density at radius 1 is 1.00 bits per heavy atom. The molecule has 3 fully saturated rings. The number of nitrogens with one attached hydrogen (secondary N) is 3. The van der Waals surface area contributed by atoms with Gasteiger partial charge >= 0.3 is 0 Å². The predicted octanol–water partition coefficient (Wildman–Crippen LogP) is 1.37. The van der Waals surface area contributed by atoms with Crippen LogP contribution in [-0.2, 0) is 36.9 Å². The second-order valence-corrected chi connectivity index (χ2v) is 14.6. The minimum Gasteiger partial charge on any atom is -0.388 e. The van der Waals surface area contributed by atoms with Crippen molar-refractivity contribution in [1.29, 1.82) is 0 Å². The monoisotopic (exact) mass is 707 g/mol. The molecule has 14 heteroatoms. The van der Waals surface area contributed by atoms with Gasteiger partial charge in [-0.2, -0.15) is 5.10 Å². The highest BCUT2D eigenvalue weighted by Crippen LogP contribution is 2.23. The zero-order valence-electron chi connectivity index (χ0n) is 30.3. The van der Waals surface area contributed by atoms with Gasteiger partial charge < -0.3 is 35.6 Å². The highest BCUT2D eigenvalue weighted by Gasteiger charge is 2.42. The average molecular weight is 708 g/mol. The van der Waals surface area contributed by atoms with Crippen LogP contribution >= 0.6 is 0 Å². The molecular weight excluding hydrogens is 654 g/mol. The van der Waals surface area contributed by atoms with Gasteiger partial charge in [-0.15, -0.1) is 0 Å². The number of amides is 5. The molecule has 0 spiro atoms. The number of benzene rings is 1. The van der Waals surface area contributed by atoms with Crippen LogP contribution in [0.1, 0.15) is 88.0 Å². The van der Waals surface area contributed by atoms with Crippen molar-refractivity contribution in [3.63, 3.8) is 0 Å². The Kier molecular flexibility index (Phi) is 12.5. The van der Waals surface area contributed by atoms with E-state index in [4.69, 9.17) is 4.74 Å². The summed E-state index contributed by atoms with van der Waals surface area (Å²) in [5, 5.41) is 24.8. The van der Waals surface area contributed by atoms with Crippen LogP contribution in [0.25, 0.3) is 0 Å². The van der Waals surface area contributed by atoms with Gasteiger partial charge in [0.15, 0.2) is 0 Å². The van der Waals surface area contributed by atoms with Gasteiger partial charge in [0.05, 0.1) is 18.3 Å². The molecule has 2 aromatic rings. The Hall–Kier alpha value is -4.30. The maximum atomic E-state index is 14.3. The highest BCUT2D eigenvalue weighted by atomic mass is 16.5. The first-order valence-electron chi connectivity index (χ1n) is 18.3. The summed E-state index contributed by atoms with van der Waals surface area (Å²) in [6.45, 7) is 10.0. The number of aromatic nitrogens is 2. The van der Waals surface area contributed by atoms with Crippen LogP contribution < -0.4 is 16.0 Å². The molecule has 51 heavy (non-hydrogen) atoms. The number of nitrogens with zero attached hydrogens (tertiary/aromatic N) is 4. The number of hydrogen-bond donors (Lipinski definition) is 4. The van der Waals surface area contributed by atoms with Gasteiger partial charge in [-0.3, -0.25) is 28.7 Å². The Labute approximate surface area is 299 Å². The maximum Gasteiger partial charge on any atom is 0.272 e. The van der Waals surface area contributed by atoms with Crippen LogP contribution in [0, 0.1) is 5.92 Å². The van der Waals surface area contributed by atoms with E-state index in [0.29, 0.717) is 38.8 Å². The Balaban J connectivity index is 1.53. The van der Waals surface area contributed by atoms with E-state index in [1.807, 2.05) is 65.0 Å². The Bertz CT molecular complexity index is 1560. The van der Waals surface area contributed by atoms with Crippen molar-refractivity contribution in [3.05, 3.63) is 53.3 Å². The van der Waals surface area contributed by atoms with Crippen molar-refractivity contribution in [1.82, 2.24) is 35.5 Å². The molecule has 5 amide bonds. The van der Waals surface area contributed by atoms with Crippen molar-refractivity contribution < 1.29 is 33.8 Å². The van der Waals surface area contributed by atoms with Crippen molar-refractivity contribution in [2.75, 3.05) is 26.2 Å². The zero-order valence-corrected chi connectivity index (χ0v) is 30.3. The molecule has 5 rings (SSSR count). The summed E-state index contributed by atoms with van der Waals surface area (Å²) >= 11 is 0. The molecule has 0 aliphatic carbocycles. The van der Waals surface area contributed by atoms with Gasteiger partial charge in [-0.25, -0.2) is 0 Å².